The van der Waals surface area contributed by atoms with Gasteiger partial charge in [-0.2, -0.15) is 0 Å². The molecule has 3 nitrogen and oxygen atoms in total. The second-order valence-corrected chi connectivity index (χ2v) is 7.28. The van der Waals surface area contributed by atoms with Gasteiger partial charge in [-0.3, -0.25) is 4.99 Å². The number of halogens is 2. The lowest BCUT2D eigenvalue weighted by atomic mass is 10.0. The van der Waals surface area contributed by atoms with Crippen molar-refractivity contribution < 1.29 is 10.2 Å². The first kappa shape index (κ1) is 17.7. The Balaban J connectivity index is 1.86. The third kappa shape index (κ3) is 4.50. The summed E-state index contributed by atoms with van der Waals surface area (Å²) in [4.78, 5) is 4.39. The highest BCUT2D eigenvalue weighted by Crippen LogP contribution is 2.36. The Bertz CT molecular complexity index is 901. The molecule has 2 N–H and O–H groups in total. The van der Waals surface area contributed by atoms with Gasteiger partial charge in [-0.05, 0) is 73.7 Å². The topological polar surface area (TPSA) is 52.8 Å². The van der Waals surface area contributed by atoms with Crippen molar-refractivity contribution in [2.24, 2.45) is 4.99 Å². The number of hydrogen-bond donors (Lipinski definition) is 2. The molecular weight excluding hydrogens is 446 g/mol. The molecule has 3 aromatic carbocycles. The van der Waals surface area contributed by atoms with Crippen LogP contribution < -0.4 is 0 Å². The average molecular weight is 461 g/mol. The number of benzene rings is 3. The van der Waals surface area contributed by atoms with E-state index in [2.05, 4.69) is 49.0 Å². The van der Waals surface area contributed by atoms with Crippen LogP contribution in [0.15, 0.2) is 74.6 Å². The molecule has 0 bridgehead atoms. The maximum absolute atomic E-state index is 10.1. The number of aliphatic imine (C=N–C) groups is 1. The van der Waals surface area contributed by atoms with Gasteiger partial charge < -0.3 is 10.2 Å². The highest BCUT2D eigenvalue weighted by atomic mass is 79.9. The van der Waals surface area contributed by atoms with E-state index in [1.165, 1.54) is 5.56 Å². The summed E-state index contributed by atoms with van der Waals surface area (Å²) in [6.45, 7) is 0. The average Bonchev–Trinajstić information content (AvgIpc) is 2.61. The maximum Gasteiger partial charge on any atom is 0.144 e. The number of phenols is 2. The van der Waals surface area contributed by atoms with Gasteiger partial charge in [-0.15, -0.1) is 0 Å². The van der Waals surface area contributed by atoms with E-state index in [4.69, 9.17) is 0 Å². The van der Waals surface area contributed by atoms with E-state index in [1.807, 2.05) is 30.3 Å². The fourth-order valence-corrected chi connectivity index (χ4v) is 3.58. The molecular formula is C20H15Br2NO2. The summed E-state index contributed by atoms with van der Waals surface area (Å²) in [6.07, 6.45) is 2.41. The number of nitrogens with zero attached hydrogens (tertiary/aromatic N) is 1. The van der Waals surface area contributed by atoms with Gasteiger partial charge in [-0.1, -0.05) is 36.4 Å². The van der Waals surface area contributed by atoms with Crippen LogP contribution in [-0.4, -0.2) is 16.4 Å². The van der Waals surface area contributed by atoms with Crippen LogP contribution in [0.25, 0.3) is 0 Å². The van der Waals surface area contributed by atoms with E-state index < -0.39 is 0 Å². The first-order valence-electron chi connectivity index (χ1n) is 7.61. The summed E-state index contributed by atoms with van der Waals surface area (Å²) in [5.41, 5.74) is 3.61. The first-order valence-corrected chi connectivity index (χ1v) is 9.19. The van der Waals surface area contributed by atoms with Gasteiger partial charge in [0.25, 0.3) is 0 Å². The van der Waals surface area contributed by atoms with Crippen molar-refractivity contribution in [1.82, 2.24) is 0 Å². The fraction of sp³-hybridized carbons (Fsp3) is 0.0500. The van der Waals surface area contributed by atoms with Crippen LogP contribution >= 0.6 is 31.9 Å². The van der Waals surface area contributed by atoms with E-state index in [-0.39, 0.29) is 11.5 Å². The van der Waals surface area contributed by atoms with E-state index >= 15 is 0 Å². The molecule has 0 aliphatic carbocycles. The Labute approximate surface area is 162 Å². The molecule has 0 radical (unpaired) electrons. The van der Waals surface area contributed by atoms with Gasteiger partial charge >= 0.3 is 0 Å². The van der Waals surface area contributed by atoms with Crippen LogP contribution in [0.4, 0.5) is 5.69 Å². The molecule has 5 heteroatoms. The molecule has 0 saturated heterocycles. The predicted molar refractivity (Wildman–Crippen MR) is 108 cm³/mol. The fourth-order valence-electron chi connectivity index (χ4n) is 2.42. The monoisotopic (exact) mass is 459 g/mol. The molecule has 0 heterocycles. The molecule has 3 aromatic rings. The number of aromatic hydroxyl groups is 2. The third-order valence-corrected chi connectivity index (χ3v) is 4.91. The van der Waals surface area contributed by atoms with Gasteiger partial charge in [0.05, 0.1) is 14.6 Å². The number of rotatable bonds is 4. The van der Waals surface area contributed by atoms with Gasteiger partial charge in [0.1, 0.15) is 11.5 Å². The molecule has 126 valence electrons. The Morgan fingerprint density at radius 1 is 0.840 bits per heavy atom. The highest BCUT2D eigenvalue weighted by molar-refractivity contribution is 9.11. The normalized spacial score (nSPS) is 11.1. The molecule has 0 spiro atoms. The van der Waals surface area contributed by atoms with Crippen LogP contribution in [0.2, 0.25) is 0 Å². The second-order valence-electron chi connectivity index (χ2n) is 5.57. The van der Waals surface area contributed by atoms with Gasteiger partial charge in [0.15, 0.2) is 0 Å². The molecule has 0 aliphatic heterocycles. The van der Waals surface area contributed by atoms with E-state index in [0.29, 0.717) is 20.2 Å². The number of phenolic OH excluding ortho intramolecular Hbond substituents is 2. The van der Waals surface area contributed by atoms with Crippen molar-refractivity contribution in [3.8, 4) is 11.5 Å². The molecule has 25 heavy (non-hydrogen) atoms. The molecule has 0 saturated carbocycles. The van der Waals surface area contributed by atoms with Crippen LogP contribution in [0.5, 0.6) is 11.5 Å². The van der Waals surface area contributed by atoms with E-state index in [1.54, 1.807) is 24.4 Å². The molecule has 0 amide bonds. The summed E-state index contributed by atoms with van der Waals surface area (Å²) >= 11 is 6.57. The highest BCUT2D eigenvalue weighted by Gasteiger charge is 2.06. The Kier molecular flexibility index (Phi) is 5.56. The van der Waals surface area contributed by atoms with E-state index in [9.17, 15) is 10.2 Å². The summed E-state index contributed by atoms with van der Waals surface area (Å²) in [5.74, 6) is 0.309. The van der Waals surface area contributed by atoms with Crippen LogP contribution in [-0.2, 0) is 6.42 Å². The van der Waals surface area contributed by atoms with Crippen LogP contribution in [0.1, 0.15) is 16.7 Å². The van der Waals surface area contributed by atoms with Crippen LogP contribution in [0.3, 0.4) is 0 Å². The minimum absolute atomic E-state index is 0.131. The maximum atomic E-state index is 10.1. The Morgan fingerprint density at radius 2 is 1.52 bits per heavy atom. The lowest BCUT2D eigenvalue weighted by Crippen LogP contribution is -1.91. The van der Waals surface area contributed by atoms with Crippen molar-refractivity contribution in [2.75, 3.05) is 0 Å². The Hall–Kier alpha value is -2.11. The zero-order valence-electron chi connectivity index (χ0n) is 13.2. The standard InChI is InChI=1S/C20H15Br2NO2/c21-17-10-16(11-18(22)20(17)25)23-12-15-9-14(6-7-19(15)24)8-13-4-2-1-3-5-13/h1-7,9-12,24-25H,8H2. The SMILES string of the molecule is Oc1ccc(Cc2ccccc2)cc1C=Nc1cc(Br)c(O)c(Br)c1. The predicted octanol–water partition coefficient (Wildman–Crippen LogP) is 5.96. The summed E-state index contributed by atoms with van der Waals surface area (Å²) in [7, 11) is 0. The minimum atomic E-state index is 0.131. The molecule has 0 aliphatic rings. The summed E-state index contributed by atoms with van der Waals surface area (Å²) in [6, 6.07) is 19.1. The quantitative estimate of drug-likeness (QED) is 0.471. The van der Waals surface area contributed by atoms with Gasteiger partial charge in [-0.25, -0.2) is 0 Å². The molecule has 0 fully saturated rings. The van der Waals surface area contributed by atoms with Crippen molar-refractivity contribution in [3.05, 3.63) is 86.3 Å². The molecule has 0 atom stereocenters. The lowest BCUT2D eigenvalue weighted by Gasteiger charge is -2.06. The molecule has 0 aromatic heterocycles. The van der Waals surface area contributed by atoms with E-state index in [0.717, 1.165) is 12.0 Å². The second kappa shape index (κ2) is 7.85. The van der Waals surface area contributed by atoms with Crippen molar-refractivity contribution in [1.29, 1.82) is 0 Å². The number of hydrogen-bond acceptors (Lipinski definition) is 3. The summed E-state index contributed by atoms with van der Waals surface area (Å²) < 4.78 is 1.10. The van der Waals surface area contributed by atoms with Gasteiger partial charge in [0, 0.05) is 11.8 Å². The summed E-state index contributed by atoms with van der Waals surface area (Å²) in [5, 5.41) is 19.8. The third-order valence-electron chi connectivity index (χ3n) is 3.70. The zero-order chi connectivity index (χ0) is 17.8. The molecule has 3 rings (SSSR count). The largest absolute Gasteiger partial charge is 0.507 e. The van der Waals surface area contributed by atoms with Gasteiger partial charge in [0.2, 0.25) is 0 Å². The minimum Gasteiger partial charge on any atom is -0.507 e. The lowest BCUT2D eigenvalue weighted by molar-refractivity contribution is 0.468. The smallest absolute Gasteiger partial charge is 0.144 e. The van der Waals surface area contributed by atoms with Crippen molar-refractivity contribution >= 4 is 43.8 Å². The first-order chi connectivity index (χ1) is 12.0. The zero-order valence-corrected chi connectivity index (χ0v) is 16.3. The van der Waals surface area contributed by atoms with Crippen LogP contribution in [0, 0.1) is 0 Å². The van der Waals surface area contributed by atoms with Crippen molar-refractivity contribution in [3.63, 3.8) is 0 Å². The van der Waals surface area contributed by atoms with Crippen molar-refractivity contribution in [2.45, 2.75) is 6.42 Å². The Morgan fingerprint density at radius 3 is 2.20 bits per heavy atom. The molecule has 0 unspecified atom stereocenters.